The maximum Gasteiger partial charge on any atom is 0.230 e. The van der Waals surface area contributed by atoms with Gasteiger partial charge < -0.3 is 15.5 Å². The highest BCUT2D eigenvalue weighted by atomic mass is 32.2. The molecular weight excluding hydrogens is 336 g/mol. The molecule has 5 nitrogen and oxygen atoms in total. The number of amides is 1. The third-order valence-corrected chi connectivity index (χ3v) is 5.53. The maximum absolute atomic E-state index is 12.1. The lowest BCUT2D eigenvalue weighted by Crippen LogP contribution is -2.43. The normalized spacial score (nSPS) is 23.2. The molecule has 1 aliphatic carbocycles. The lowest BCUT2D eigenvalue weighted by molar-refractivity contribution is -0.120. The second-order valence-electron chi connectivity index (χ2n) is 6.38. The Bertz CT molecular complexity index is 698. The van der Waals surface area contributed by atoms with Crippen molar-refractivity contribution in [3.63, 3.8) is 0 Å². The molecule has 1 fully saturated rings. The maximum atomic E-state index is 12.1. The number of rotatable bonds is 5. The molecule has 0 unspecified atom stereocenters. The lowest BCUT2D eigenvalue weighted by Gasteiger charge is -2.35. The summed E-state index contributed by atoms with van der Waals surface area (Å²) >= 11 is 1.52. The number of hydrogen-bond donors (Lipinski definition) is 3. The van der Waals surface area contributed by atoms with Gasteiger partial charge in [-0.2, -0.15) is 0 Å². The van der Waals surface area contributed by atoms with Crippen molar-refractivity contribution < 1.29 is 15.0 Å². The summed E-state index contributed by atoms with van der Waals surface area (Å²) in [6.45, 7) is 0. The molecule has 6 heteroatoms. The van der Waals surface area contributed by atoms with E-state index in [9.17, 15) is 15.0 Å². The summed E-state index contributed by atoms with van der Waals surface area (Å²) in [4.78, 5) is 17.3. The Morgan fingerprint density at radius 3 is 2.56 bits per heavy atom. The number of aliphatic hydroxyl groups is 1. The predicted octanol–water partition coefficient (Wildman–Crippen LogP) is 2.83. The first-order chi connectivity index (χ1) is 12.0. The monoisotopic (exact) mass is 358 g/mol. The van der Waals surface area contributed by atoms with Gasteiger partial charge in [-0.3, -0.25) is 9.78 Å². The van der Waals surface area contributed by atoms with Crippen LogP contribution >= 0.6 is 11.8 Å². The van der Waals surface area contributed by atoms with E-state index in [2.05, 4.69) is 10.3 Å². The van der Waals surface area contributed by atoms with Gasteiger partial charge in [0.05, 0.1) is 17.6 Å². The van der Waals surface area contributed by atoms with Crippen molar-refractivity contribution >= 4 is 17.7 Å². The van der Waals surface area contributed by atoms with Gasteiger partial charge in [-0.15, -0.1) is 11.8 Å². The highest BCUT2D eigenvalue weighted by Gasteiger charge is 2.36. The van der Waals surface area contributed by atoms with Crippen LogP contribution in [-0.2, 0) is 10.4 Å². The second kappa shape index (κ2) is 7.89. The average Bonchev–Trinajstić information content (AvgIpc) is 2.63. The van der Waals surface area contributed by atoms with Gasteiger partial charge in [-0.25, -0.2) is 0 Å². The van der Waals surface area contributed by atoms with Gasteiger partial charge in [0.2, 0.25) is 5.91 Å². The van der Waals surface area contributed by atoms with E-state index in [0.29, 0.717) is 37.1 Å². The fraction of sp³-hybridized carbons (Fsp3) is 0.368. The molecule has 1 amide bonds. The van der Waals surface area contributed by atoms with E-state index in [1.54, 1.807) is 6.07 Å². The van der Waals surface area contributed by atoms with Crippen LogP contribution in [0.15, 0.2) is 53.6 Å². The molecule has 0 aliphatic heterocycles. The molecule has 1 saturated carbocycles. The number of aromatic hydroxyl groups is 1. The highest BCUT2D eigenvalue weighted by molar-refractivity contribution is 8.00. The van der Waals surface area contributed by atoms with E-state index in [1.165, 1.54) is 24.0 Å². The summed E-state index contributed by atoms with van der Waals surface area (Å²) < 4.78 is 0. The molecule has 1 aromatic heterocycles. The minimum absolute atomic E-state index is 0.0204. The number of benzene rings is 1. The van der Waals surface area contributed by atoms with E-state index in [0.717, 1.165) is 4.90 Å². The fourth-order valence-electron chi connectivity index (χ4n) is 3.09. The molecule has 1 aliphatic rings. The van der Waals surface area contributed by atoms with Crippen molar-refractivity contribution in [2.45, 2.75) is 42.2 Å². The van der Waals surface area contributed by atoms with E-state index in [1.807, 2.05) is 30.3 Å². The Morgan fingerprint density at radius 1 is 1.20 bits per heavy atom. The Morgan fingerprint density at radius 2 is 1.92 bits per heavy atom. The van der Waals surface area contributed by atoms with Gasteiger partial charge >= 0.3 is 0 Å². The summed E-state index contributed by atoms with van der Waals surface area (Å²) in [5.41, 5.74) is -0.400. The van der Waals surface area contributed by atoms with Gasteiger partial charge in [-0.05, 0) is 49.9 Å². The highest BCUT2D eigenvalue weighted by Crippen LogP contribution is 2.36. The van der Waals surface area contributed by atoms with E-state index < -0.39 is 5.60 Å². The first kappa shape index (κ1) is 17.8. The minimum Gasteiger partial charge on any atom is -0.506 e. The predicted molar refractivity (Wildman–Crippen MR) is 97.4 cm³/mol. The van der Waals surface area contributed by atoms with E-state index in [4.69, 9.17) is 0 Å². The van der Waals surface area contributed by atoms with Crippen LogP contribution < -0.4 is 5.32 Å². The number of carbonyl (C=O) groups is 1. The summed E-state index contributed by atoms with van der Waals surface area (Å²) in [5.74, 6) is 0.501. The number of nitrogens with zero attached hydrogens (tertiary/aromatic N) is 1. The summed E-state index contributed by atoms with van der Waals surface area (Å²) in [7, 11) is 0. The fourth-order valence-corrected chi connectivity index (χ4v) is 3.82. The molecule has 2 aromatic rings. The van der Waals surface area contributed by atoms with Crippen LogP contribution in [-0.4, -0.2) is 32.9 Å². The SMILES string of the molecule is O=C(CSc1ccccc1)N[C@H]1CC[C@](O)(c2ccc(O)cn2)CC1. The molecule has 0 saturated heterocycles. The minimum atomic E-state index is -0.978. The van der Waals surface area contributed by atoms with Crippen LogP contribution in [0.25, 0.3) is 0 Å². The molecular formula is C19H22N2O3S. The Hall–Kier alpha value is -2.05. The van der Waals surface area contributed by atoms with Crippen LogP contribution in [0.3, 0.4) is 0 Å². The first-order valence-corrected chi connectivity index (χ1v) is 9.39. The zero-order valence-corrected chi connectivity index (χ0v) is 14.7. The summed E-state index contributed by atoms with van der Waals surface area (Å²) in [6.07, 6.45) is 3.85. The largest absolute Gasteiger partial charge is 0.506 e. The number of pyridine rings is 1. The van der Waals surface area contributed by atoms with Crippen LogP contribution in [0.4, 0.5) is 0 Å². The van der Waals surface area contributed by atoms with Gasteiger partial charge in [-0.1, -0.05) is 18.2 Å². The molecule has 0 spiro atoms. The molecule has 0 atom stereocenters. The Kier molecular flexibility index (Phi) is 5.60. The Balaban J connectivity index is 1.47. The average molecular weight is 358 g/mol. The van der Waals surface area contributed by atoms with Gasteiger partial charge in [0.25, 0.3) is 0 Å². The standard InChI is InChI=1S/C19H22N2O3S/c22-15-6-7-17(20-12-15)19(24)10-8-14(9-11-19)21-18(23)13-25-16-4-2-1-3-5-16/h1-7,12,14,22,24H,8-11,13H2,(H,21,23)/t14-,19+. The lowest BCUT2D eigenvalue weighted by atomic mass is 9.80. The van der Waals surface area contributed by atoms with Crippen molar-refractivity contribution in [1.82, 2.24) is 10.3 Å². The molecule has 3 N–H and O–H groups in total. The van der Waals surface area contributed by atoms with Crippen molar-refractivity contribution in [1.29, 1.82) is 0 Å². The van der Waals surface area contributed by atoms with Crippen LogP contribution in [0.2, 0.25) is 0 Å². The van der Waals surface area contributed by atoms with Crippen molar-refractivity contribution in [2.24, 2.45) is 0 Å². The number of hydrogen-bond acceptors (Lipinski definition) is 5. The van der Waals surface area contributed by atoms with Crippen LogP contribution in [0.1, 0.15) is 31.4 Å². The van der Waals surface area contributed by atoms with Crippen LogP contribution in [0, 0.1) is 0 Å². The Labute approximate surface area is 151 Å². The quantitative estimate of drug-likeness (QED) is 0.716. The molecule has 1 aromatic carbocycles. The molecule has 1 heterocycles. The van der Waals surface area contributed by atoms with Crippen molar-refractivity contribution in [3.8, 4) is 5.75 Å². The topological polar surface area (TPSA) is 82.5 Å². The van der Waals surface area contributed by atoms with E-state index >= 15 is 0 Å². The zero-order chi connectivity index (χ0) is 17.7. The summed E-state index contributed by atoms with van der Waals surface area (Å²) in [6, 6.07) is 13.1. The molecule has 0 radical (unpaired) electrons. The number of aromatic nitrogens is 1. The third kappa shape index (κ3) is 4.74. The van der Waals surface area contributed by atoms with Gasteiger partial charge in [0.15, 0.2) is 0 Å². The number of nitrogens with one attached hydrogen (secondary N) is 1. The van der Waals surface area contributed by atoms with E-state index in [-0.39, 0.29) is 17.7 Å². The number of thioether (sulfide) groups is 1. The first-order valence-electron chi connectivity index (χ1n) is 8.40. The zero-order valence-electron chi connectivity index (χ0n) is 13.9. The van der Waals surface area contributed by atoms with Crippen molar-refractivity contribution in [2.75, 3.05) is 5.75 Å². The van der Waals surface area contributed by atoms with Gasteiger partial charge in [0.1, 0.15) is 11.4 Å². The molecule has 132 valence electrons. The number of carbonyl (C=O) groups excluding carboxylic acids is 1. The molecule has 3 rings (SSSR count). The molecule has 0 bridgehead atoms. The smallest absolute Gasteiger partial charge is 0.230 e. The van der Waals surface area contributed by atoms with Crippen LogP contribution in [0.5, 0.6) is 5.75 Å². The van der Waals surface area contributed by atoms with Crippen molar-refractivity contribution in [3.05, 3.63) is 54.4 Å². The second-order valence-corrected chi connectivity index (χ2v) is 7.43. The third-order valence-electron chi connectivity index (χ3n) is 4.52. The van der Waals surface area contributed by atoms with Gasteiger partial charge in [0, 0.05) is 10.9 Å². The summed E-state index contributed by atoms with van der Waals surface area (Å²) in [5, 5.41) is 23.2. The molecule has 25 heavy (non-hydrogen) atoms.